The van der Waals surface area contributed by atoms with E-state index in [0.29, 0.717) is 6.01 Å². The Hall–Kier alpha value is -2.14. The summed E-state index contributed by atoms with van der Waals surface area (Å²) in [5, 5.41) is 6.06. The molecule has 0 fully saturated rings. The lowest BCUT2D eigenvalue weighted by Gasteiger charge is -1.89. The minimum atomic E-state index is 0.402. The van der Waals surface area contributed by atoms with E-state index in [0.717, 1.165) is 16.0 Å². The van der Waals surface area contributed by atoms with Gasteiger partial charge in [0.1, 0.15) is 5.52 Å². The summed E-state index contributed by atoms with van der Waals surface area (Å²) in [6, 6.07) is 12.0. The van der Waals surface area contributed by atoms with Crippen molar-refractivity contribution in [2.45, 2.75) is 0 Å². The van der Waals surface area contributed by atoms with Crippen LogP contribution in [0.5, 0.6) is 0 Å². The number of hydrazone groups is 1. The van der Waals surface area contributed by atoms with Gasteiger partial charge in [0.15, 0.2) is 5.58 Å². The zero-order chi connectivity index (χ0) is 11.5. The predicted molar refractivity (Wildman–Crippen MR) is 69.5 cm³/mol. The monoisotopic (exact) mass is 243 g/mol. The van der Waals surface area contributed by atoms with Crippen LogP contribution in [0.25, 0.3) is 11.1 Å². The first-order valence-corrected chi connectivity index (χ1v) is 5.98. The van der Waals surface area contributed by atoms with Crippen LogP contribution >= 0.6 is 11.3 Å². The summed E-state index contributed by atoms with van der Waals surface area (Å²) >= 11 is 1.62. The van der Waals surface area contributed by atoms with Crippen molar-refractivity contribution in [1.29, 1.82) is 0 Å². The number of rotatable bonds is 3. The van der Waals surface area contributed by atoms with Crippen LogP contribution in [0.3, 0.4) is 0 Å². The van der Waals surface area contributed by atoms with Crippen molar-refractivity contribution in [2.24, 2.45) is 5.10 Å². The Balaban J connectivity index is 1.77. The summed E-state index contributed by atoms with van der Waals surface area (Å²) < 4.78 is 5.45. The van der Waals surface area contributed by atoms with E-state index in [1.165, 1.54) is 0 Å². The first-order valence-electron chi connectivity index (χ1n) is 5.10. The standard InChI is InChI=1S/C12H9N3OS/c1-2-6-11-10(5-1)14-12(16-11)15-13-8-9-4-3-7-17-9/h1-8H,(H,14,15). The van der Waals surface area contributed by atoms with Gasteiger partial charge in [-0.1, -0.05) is 18.2 Å². The Morgan fingerprint density at radius 2 is 2.18 bits per heavy atom. The quantitative estimate of drug-likeness (QED) is 0.567. The molecule has 84 valence electrons. The molecule has 1 aromatic carbocycles. The number of benzene rings is 1. The second-order valence-electron chi connectivity index (χ2n) is 3.37. The van der Waals surface area contributed by atoms with Crippen molar-refractivity contribution in [3.05, 3.63) is 46.7 Å². The SMILES string of the molecule is C(=NNc1nc2ccccc2o1)c1cccs1. The first-order chi connectivity index (χ1) is 8.42. The molecule has 0 radical (unpaired) electrons. The van der Waals surface area contributed by atoms with Gasteiger partial charge < -0.3 is 4.42 Å². The number of aromatic nitrogens is 1. The van der Waals surface area contributed by atoms with Crippen molar-refractivity contribution in [2.75, 3.05) is 5.43 Å². The molecule has 4 nitrogen and oxygen atoms in total. The van der Waals surface area contributed by atoms with E-state index < -0.39 is 0 Å². The maximum absolute atomic E-state index is 5.45. The van der Waals surface area contributed by atoms with Crippen LogP contribution in [0.2, 0.25) is 0 Å². The Kier molecular flexibility index (Phi) is 2.59. The van der Waals surface area contributed by atoms with Crippen LogP contribution < -0.4 is 5.43 Å². The van der Waals surface area contributed by atoms with Crippen molar-refractivity contribution in [1.82, 2.24) is 4.98 Å². The third-order valence-corrected chi connectivity index (χ3v) is 3.00. The molecule has 0 aliphatic carbocycles. The van der Waals surface area contributed by atoms with Crippen molar-refractivity contribution < 1.29 is 4.42 Å². The number of para-hydroxylation sites is 2. The molecule has 17 heavy (non-hydrogen) atoms. The normalized spacial score (nSPS) is 11.3. The smallest absolute Gasteiger partial charge is 0.316 e. The largest absolute Gasteiger partial charge is 0.422 e. The molecule has 0 amide bonds. The predicted octanol–water partition coefficient (Wildman–Crippen LogP) is 3.34. The van der Waals surface area contributed by atoms with Crippen LogP contribution in [0.4, 0.5) is 6.01 Å². The average molecular weight is 243 g/mol. The molecule has 2 aromatic heterocycles. The molecular weight excluding hydrogens is 234 g/mol. The van der Waals surface area contributed by atoms with E-state index >= 15 is 0 Å². The summed E-state index contributed by atoms with van der Waals surface area (Å²) in [6.45, 7) is 0. The van der Waals surface area contributed by atoms with Gasteiger partial charge in [0.05, 0.1) is 6.21 Å². The Labute approximate surface area is 102 Å². The highest BCUT2D eigenvalue weighted by molar-refractivity contribution is 7.11. The molecule has 0 aliphatic rings. The molecule has 3 aromatic rings. The van der Waals surface area contributed by atoms with E-state index in [1.807, 2.05) is 41.8 Å². The summed E-state index contributed by atoms with van der Waals surface area (Å²) in [6.07, 6.45) is 1.74. The number of nitrogens with one attached hydrogen (secondary N) is 1. The van der Waals surface area contributed by atoms with Crippen LogP contribution in [0.1, 0.15) is 4.88 Å². The highest BCUT2D eigenvalue weighted by Gasteiger charge is 2.02. The number of hydrogen-bond donors (Lipinski definition) is 1. The van der Waals surface area contributed by atoms with E-state index in [9.17, 15) is 0 Å². The number of nitrogens with zero attached hydrogens (tertiary/aromatic N) is 2. The fourth-order valence-corrected chi connectivity index (χ4v) is 2.02. The molecule has 3 rings (SSSR count). The second-order valence-corrected chi connectivity index (χ2v) is 4.35. The Bertz CT molecular complexity index is 610. The molecular formula is C12H9N3OS. The van der Waals surface area contributed by atoms with Gasteiger partial charge in [-0.3, -0.25) is 0 Å². The Morgan fingerprint density at radius 1 is 1.24 bits per heavy atom. The fraction of sp³-hybridized carbons (Fsp3) is 0. The van der Waals surface area contributed by atoms with Gasteiger partial charge >= 0.3 is 6.01 Å². The maximum Gasteiger partial charge on any atom is 0.316 e. The molecule has 0 bridgehead atoms. The lowest BCUT2D eigenvalue weighted by atomic mass is 10.3. The molecule has 5 heteroatoms. The number of hydrogen-bond acceptors (Lipinski definition) is 5. The number of thiophene rings is 1. The van der Waals surface area contributed by atoms with Gasteiger partial charge in [0, 0.05) is 4.88 Å². The minimum absolute atomic E-state index is 0.402. The molecule has 0 aliphatic heterocycles. The Morgan fingerprint density at radius 3 is 3.00 bits per heavy atom. The van der Waals surface area contributed by atoms with E-state index in [1.54, 1.807) is 17.6 Å². The first kappa shape index (κ1) is 10.0. The summed E-state index contributed by atoms with van der Waals surface area (Å²) in [7, 11) is 0. The summed E-state index contributed by atoms with van der Waals surface area (Å²) in [5.74, 6) is 0. The third kappa shape index (κ3) is 2.19. The highest BCUT2D eigenvalue weighted by Crippen LogP contribution is 2.17. The van der Waals surface area contributed by atoms with Crippen LogP contribution in [-0.4, -0.2) is 11.2 Å². The van der Waals surface area contributed by atoms with Gasteiger partial charge in [0.25, 0.3) is 0 Å². The van der Waals surface area contributed by atoms with E-state index in [2.05, 4.69) is 15.5 Å². The van der Waals surface area contributed by atoms with E-state index in [4.69, 9.17) is 4.42 Å². The topological polar surface area (TPSA) is 50.4 Å². The fourth-order valence-electron chi connectivity index (χ4n) is 1.44. The highest BCUT2D eigenvalue weighted by atomic mass is 32.1. The molecule has 0 saturated carbocycles. The van der Waals surface area contributed by atoms with Gasteiger partial charge in [-0.25, -0.2) is 5.43 Å². The van der Waals surface area contributed by atoms with Crippen LogP contribution in [-0.2, 0) is 0 Å². The second kappa shape index (κ2) is 4.39. The molecule has 0 spiro atoms. The van der Waals surface area contributed by atoms with Gasteiger partial charge in [-0.2, -0.15) is 10.1 Å². The van der Waals surface area contributed by atoms with Crippen LogP contribution in [0, 0.1) is 0 Å². The van der Waals surface area contributed by atoms with Crippen LogP contribution in [0.15, 0.2) is 51.3 Å². The minimum Gasteiger partial charge on any atom is -0.422 e. The maximum atomic E-state index is 5.45. The summed E-state index contributed by atoms with van der Waals surface area (Å²) in [5.41, 5.74) is 4.34. The average Bonchev–Trinajstić information content (AvgIpc) is 2.96. The lowest BCUT2D eigenvalue weighted by Crippen LogP contribution is -1.88. The van der Waals surface area contributed by atoms with Gasteiger partial charge in [-0.05, 0) is 23.6 Å². The van der Waals surface area contributed by atoms with Crippen molar-refractivity contribution >= 4 is 34.7 Å². The van der Waals surface area contributed by atoms with Gasteiger partial charge in [-0.15, -0.1) is 11.3 Å². The lowest BCUT2D eigenvalue weighted by molar-refractivity contribution is 0.617. The number of oxazole rings is 1. The summed E-state index contributed by atoms with van der Waals surface area (Å²) in [4.78, 5) is 5.32. The zero-order valence-electron chi connectivity index (χ0n) is 8.83. The molecule has 2 heterocycles. The van der Waals surface area contributed by atoms with Crippen molar-refractivity contribution in [3.63, 3.8) is 0 Å². The zero-order valence-corrected chi connectivity index (χ0v) is 9.65. The van der Waals surface area contributed by atoms with Crippen molar-refractivity contribution in [3.8, 4) is 0 Å². The molecule has 0 atom stereocenters. The molecule has 0 unspecified atom stereocenters. The molecule has 1 N–H and O–H groups in total. The van der Waals surface area contributed by atoms with Gasteiger partial charge in [0.2, 0.25) is 0 Å². The molecule has 0 saturated heterocycles. The third-order valence-electron chi connectivity index (χ3n) is 2.19. The van der Waals surface area contributed by atoms with E-state index in [-0.39, 0.29) is 0 Å². The number of anilines is 1. The number of fused-ring (bicyclic) bond motifs is 1.